The summed E-state index contributed by atoms with van der Waals surface area (Å²) >= 11 is 6.13. The Kier molecular flexibility index (Phi) is 6.86. The monoisotopic (exact) mass is 376 g/mol. The van der Waals surface area contributed by atoms with Gasteiger partial charge in [0, 0.05) is 25.6 Å². The third-order valence-corrected chi connectivity index (χ3v) is 4.07. The molecule has 138 valence electrons. The Labute approximate surface area is 157 Å². The molecule has 26 heavy (non-hydrogen) atoms. The SMILES string of the molecule is COc1ccc(N(CCC(=O)Nc2ccccc2OC)C(C)=O)cc1Cl. The molecule has 0 bridgehead atoms. The molecule has 0 saturated heterocycles. The van der Waals surface area contributed by atoms with E-state index in [9.17, 15) is 9.59 Å². The summed E-state index contributed by atoms with van der Waals surface area (Å²) in [4.78, 5) is 25.7. The van der Waals surface area contributed by atoms with Gasteiger partial charge in [0.2, 0.25) is 11.8 Å². The highest BCUT2D eigenvalue weighted by Gasteiger charge is 2.16. The van der Waals surface area contributed by atoms with E-state index < -0.39 is 0 Å². The Morgan fingerprint density at radius 2 is 1.77 bits per heavy atom. The van der Waals surface area contributed by atoms with Gasteiger partial charge in [-0.25, -0.2) is 0 Å². The number of hydrogen-bond acceptors (Lipinski definition) is 4. The van der Waals surface area contributed by atoms with Crippen LogP contribution in [0, 0.1) is 0 Å². The molecule has 1 N–H and O–H groups in total. The van der Waals surface area contributed by atoms with Gasteiger partial charge >= 0.3 is 0 Å². The minimum Gasteiger partial charge on any atom is -0.495 e. The Morgan fingerprint density at radius 3 is 2.38 bits per heavy atom. The molecule has 0 aliphatic carbocycles. The Hall–Kier alpha value is -2.73. The van der Waals surface area contributed by atoms with E-state index in [1.807, 2.05) is 6.07 Å². The summed E-state index contributed by atoms with van der Waals surface area (Å²) in [7, 11) is 3.06. The maximum Gasteiger partial charge on any atom is 0.226 e. The van der Waals surface area contributed by atoms with Crippen LogP contribution < -0.4 is 19.7 Å². The molecule has 0 unspecified atom stereocenters. The number of nitrogens with one attached hydrogen (secondary N) is 1. The lowest BCUT2D eigenvalue weighted by Gasteiger charge is -2.22. The Balaban J connectivity index is 2.05. The van der Waals surface area contributed by atoms with Crippen LogP contribution >= 0.6 is 11.6 Å². The first kappa shape index (κ1) is 19.6. The van der Waals surface area contributed by atoms with E-state index in [1.165, 1.54) is 26.0 Å². The molecule has 6 nitrogen and oxygen atoms in total. The summed E-state index contributed by atoms with van der Waals surface area (Å²) in [6, 6.07) is 12.2. The zero-order chi connectivity index (χ0) is 19.1. The fraction of sp³-hybridized carbons (Fsp3) is 0.263. The van der Waals surface area contributed by atoms with Crippen LogP contribution in [0.15, 0.2) is 42.5 Å². The first-order valence-corrected chi connectivity index (χ1v) is 8.38. The second kappa shape index (κ2) is 9.10. The number of ether oxygens (including phenoxy) is 2. The van der Waals surface area contributed by atoms with Crippen LogP contribution in [-0.4, -0.2) is 32.6 Å². The first-order chi connectivity index (χ1) is 12.5. The predicted molar refractivity (Wildman–Crippen MR) is 102 cm³/mol. The van der Waals surface area contributed by atoms with E-state index in [1.54, 1.807) is 36.4 Å². The van der Waals surface area contributed by atoms with Crippen molar-refractivity contribution in [2.45, 2.75) is 13.3 Å². The van der Waals surface area contributed by atoms with Gasteiger partial charge in [-0.15, -0.1) is 0 Å². The third kappa shape index (κ3) is 4.89. The van der Waals surface area contributed by atoms with Gasteiger partial charge in [-0.05, 0) is 30.3 Å². The van der Waals surface area contributed by atoms with Gasteiger partial charge in [0.1, 0.15) is 11.5 Å². The summed E-state index contributed by atoms with van der Waals surface area (Å²) in [6.07, 6.45) is 0.126. The topological polar surface area (TPSA) is 67.9 Å². The Bertz CT molecular complexity index is 795. The molecule has 0 fully saturated rings. The van der Waals surface area contributed by atoms with Crippen LogP contribution in [0.2, 0.25) is 5.02 Å². The fourth-order valence-electron chi connectivity index (χ4n) is 2.47. The van der Waals surface area contributed by atoms with Gasteiger partial charge in [-0.2, -0.15) is 0 Å². The minimum atomic E-state index is -0.222. The minimum absolute atomic E-state index is 0.126. The highest BCUT2D eigenvalue weighted by molar-refractivity contribution is 6.32. The number of benzene rings is 2. The maximum absolute atomic E-state index is 12.3. The van der Waals surface area contributed by atoms with Crippen molar-refractivity contribution >= 4 is 34.8 Å². The van der Waals surface area contributed by atoms with Crippen LogP contribution in [0.1, 0.15) is 13.3 Å². The van der Waals surface area contributed by atoms with E-state index in [4.69, 9.17) is 21.1 Å². The van der Waals surface area contributed by atoms with Crippen LogP contribution in [-0.2, 0) is 9.59 Å². The fourth-order valence-corrected chi connectivity index (χ4v) is 2.72. The molecule has 0 heterocycles. The van der Waals surface area contributed by atoms with E-state index in [2.05, 4.69) is 5.32 Å². The number of para-hydroxylation sites is 2. The summed E-state index contributed by atoms with van der Waals surface area (Å²) in [5, 5.41) is 3.19. The average molecular weight is 377 g/mol. The predicted octanol–water partition coefficient (Wildman–Crippen LogP) is 3.74. The van der Waals surface area contributed by atoms with Crippen LogP contribution in [0.3, 0.4) is 0 Å². The molecule has 7 heteroatoms. The summed E-state index contributed by atoms with van der Waals surface area (Å²) in [5.74, 6) is 0.690. The lowest BCUT2D eigenvalue weighted by molar-refractivity contribution is -0.117. The van der Waals surface area contributed by atoms with Crippen LogP contribution in [0.4, 0.5) is 11.4 Å². The van der Waals surface area contributed by atoms with Gasteiger partial charge in [-0.3, -0.25) is 9.59 Å². The smallest absolute Gasteiger partial charge is 0.226 e. The van der Waals surface area contributed by atoms with Crippen molar-refractivity contribution < 1.29 is 19.1 Å². The molecule has 0 aliphatic heterocycles. The molecule has 0 atom stereocenters. The lowest BCUT2D eigenvalue weighted by Crippen LogP contribution is -2.32. The maximum atomic E-state index is 12.3. The van der Waals surface area contributed by atoms with Gasteiger partial charge in [0.05, 0.1) is 24.9 Å². The number of halogens is 1. The van der Waals surface area contributed by atoms with Crippen molar-refractivity contribution in [3.63, 3.8) is 0 Å². The van der Waals surface area contributed by atoms with Crippen molar-refractivity contribution in [1.29, 1.82) is 0 Å². The molecule has 2 amide bonds. The number of rotatable bonds is 7. The molecule has 2 aromatic carbocycles. The molecular weight excluding hydrogens is 356 g/mol. The third-order valence-electron chi connectivity index (χ3n) is 3.77. The van der Waals surface area contributed by atoms with Gasteiger partial charge in [0.25, 0.3) is 0 Å². The summed E-state index contributed by atoms with van der Waals surface area (Å²) in [5.41, 5.74) is 1.19. The first-order valence-electron chi connectivity index (χ1n) is 8.00. The highest BCUT2D eigenvalue weighted by atomic mass is 35.5. The van der Waals surface area contributed by atoms with Crippen LogP contribution in [0.5, 0.6) is 11.5 Å². The second-order valence-electron chi connectivity index (χ2n) is 5.49. The number of nitrogens with zero attached hydrogens (tertiary/aromatic N) is 1. The van der Waals surface area contributed by atoms with Gasteiger partial charge in [0.15, 0.2) is 0 Å². The largest absolute Gasteiger partial charge is 0.495 e. The molecular formula is C19H21ClN2O4. The Morgan fingerprint density at radius 1 is 1.08 bits per heavy atom. The van der Waals surface area contributed by atoms with E-state index in [0.29, 0.717) is 27.9 Å². The van der Waals surface area contributed by atoms with Crippen molar-refractivity contribution in [3.8, 4) is 11.5 Å². The number of amides is 2. The zero-order valence-electron chi connectivity index (χ0n) is 14.9. The number of methoxy groups -OCH3 is 2. The lowest BCUT2D eigenvalue weighted by atomic mass is 10.2. The van der Waals surface area contributed by atoms with E-state index in [0.717, 1.165) is 0 Å². The van der Waals surface area contributed by atoms with E-state index >= 15 is 0 Å². The van der Waals surface area contributed by atoms with Crippen molar-refractivity contribution in [2.75, 3.05) is 31.0 Å². The standard InChI is InChI=1S/C19H21ClN2O4/c1-13(23)22(14-8-9-17(25-2)15(20)12-14)11-10-19(24)21-16-6-4-5-7-18(16)26-3/h4-9,12H,10-11H2,1-3H3,(H,21,24). The molecule has 0 aliphatic rings. The number of carbonyl (C=O) groups excluding carboxylic acids is 2. The number of anilines is 2. The molecule has 0 radical (unpaired) electrons. The molecule has 2 aromatic rings. The van der Waals surface area contributed by atoms with Crippen molar-refractivity contribution in [1.82, 2.24) is 0 Å². The number of hydrogen-bond donors (Lipinski definition) is 1. The van der Waals surface area contributed by atoms with Crippen molar-refractivity contribution in [3.05, 3.63) is 47.5 Å². The zero-order valence-corrected chi connectivity index (χ0v) is 15.7. The molecule has 0 spiro atoms. The quantitative estimate of drug-likeness (QED) is 0.799. The van der Waals surface area contributed by atoms with Crippen LogP contribution in [0.25, 0.3) is 0 Å². The average Bonchev–Trinajstić information content (AvgIpc) is 2.62. The number of carbonyl (C=O) groups is 2. The summed E-state index contributed by atoms with van der Waals surface area (Å²) < 4.78 is 10.3. The molecule has 0 saturated carbocycles. The second-order valence-corrected chi connectivity index (χ2v) is 5.90. The van der Waals surface area contributed by atoms with Crippen molar-refractivity contribution in [2.24, 2.45) is 0 Å². The van der Waals surface area contributed by atoms with Gasteiger partial charge < -0.3 is 19.7 Å². The summed E-state index contributed by atoms with van der Waals surface area (Å²) in [6.45, 7) is 1.66. The highest BCUT2D eigenvalue weighted by Crippen LogP contribution is 2.29. The van der Waals surface area contributed by atoms with Gasteiger partial charge in [-0.1, -0.05) is 23.7 Å². The van der Waals surface area contributed by atoms with E-state index in [-0.39, 0.29) is 24.8 Å². The molecule has 0 aromatic heterocycles. The normalized spacial score (nSPS) is 10.2. The molecule has 2 rings (SSSR count).